The van der Waals surface area contributed by atoms with Gasteiger partial charge in [0.2, 0.25) is 5.91 Å². The Balaban J connectivity index is 1.24. The molecule has 0 bridgehead atoms. The summed E-state index contributed by atoms with van der Waals surface area (Å²) in [6.45, 7) is 0.0403. The third-order valence-corrected chi connectivity index (χ3v) is 5.66. The van der Waals surface area contributed by atoms with Crippen LogP contribution in [0.2, 0.25) is 0 Å². The van der Waals surface area contributed by atoms with Crippen LogP contribution in [0.1, 0.15) is 5.89 Å². The van der Waals surface area contributed by atoms with Gasteiger partial charge in [-0.15, -0.1) is 21.5 Å². The van der Waals surface area contributed by atoms with Crippen molar-refractivity contribution in [1.29, 1.82) is 0 Å². The molecule has 0 saturated heterocycles. The molecular formula is C21H17FN4O4S2. The monoisotopic (exact) mass is 472 g/mol. The van der Waals surface area contributed by atoms with Crippen molar-refractivity contribution in [2.24, 2.45) is 0 Å². The molecule has 8 nitrogen and oxygen atoms in total. The normalized spacial score (nSPS) is 10.7. The molecule has 0 spiro atoms. The van der Waals surface area contributed by atoms with E-state index in [4.69, 9.17) is 13.9 Å². The highest BCUT2D eigenvalue weighted by Crippen LogP contribution is 2.27. The van der Waals surface area contributed by atoms with Gasteiger partial charge >= 0.3 is 0 Å². The van der Waals surface area contributed by atoms with E-state index < -0.39 is 0 Å². The van der Waals surface area contributed by atoms with Crippen molar-refractivity contribution in [1.82, 2.24) is 15.2 Å². The first-order valence-electron chi connectivity index (χ1n) is 9.32. The van der Waals surface area contributed by atoms with Gasteiger partial charge in [-0.1, -0.05) is 11.8 Å². The summed E-state index contributed by atoms with van der Waals surface area (Å²) >= 11 is 2.44. The topological polar surface area (TPSA) is 99.4 Å². The van der Waals surface area contributed by atoms with Gasteiger partial charge in [-0.2, -0.15) is 0 Å². The summed E-state index contributed by atoms with van der Waals surface area (Å²) in [5.74, 6) is 0.991. The number of nitrogens with one attached hydrogen (secondary N) is 1. The molecule has 2 aromatic carbocycles. The molecule has 2 heterocycles. The lowest BCUT2D eigenvalue weighted by Crippen LogP contribution is -2.13. The number of benzene rings is 2. The highest BCUT2D eigenvalue weighted by molar-refractivity contribution is 7.99. The second-order valence-electron chi connectivity index (χ2n) is 6.31. The molecule has 11 heteroatoms. The van der Waals surface area contributed by atoms with Crippen LogP contribution >= 0.6 is 23.1 Å². The minimum Gasteiger partial charge on any atom is -0.497 e. The van der Waals surface area contributed by atoms with Crippen LogP contribution in [0, 0.1) is 5.82 Å². The molecule has 0 atom stereocenters. The molecule has 0 radical (unpaired) electrons. The minimum atomic E-state index is -0.346. The van der Waals surface area contributed by atoms with Crippen LogP contribution in [0.5, 0.6) is 11.5 Å². The number of nitrogens with zero attached hydrogens (tertiary/aromatic N) is 3. The van der Waals surface area contributed by atoms with E-state index in [0.29, 0.717) is 10.9 Å². The van der Waals surface area contributed by atoms with E-state index >= 15 is 0 Å². The maximum absolute atomic E-state index is 12.9. The number of hydrogen-bond acceptors (Lipinski definition) is 9. The first-order chi connectivity index (χ1) is 15.6. The quantitative estimate of drug-likeness (QED) is 0.352. The lowest BCUT2D eigenvalue weighted by Gasteiger charge is -2.02. The number of ether oxygens (including phenoxy) is 2. The maximum Gasteiger partial charge on any atom is 0.277 e. The van der Waals surface area contributed by atoms with E-state index in [2.05, 4.69) is 20.5 Å². The van der Waals surface area contributed by atoms with E-state index in [1.54, 1.807) is 7.11 Å². The van der Waals surface area contributed by atoms with Crippen molar-refractivity contribution in [2.75, 3.05) is 18.2 Å². The number of amides is 1. The molecule has 0 unspecified atom stereocenters. The summed E-state index contributed by atoms with van der Waals surface area (Å²) in [5.41, 5.74) is 1.70. The fraction of sp³-hybridized carbons (Fsp3) is 0.143. The Labute approximate surface area is 190 Å². The van der Waals surface area contributed by atoms with Gasteiger partial charge in [0.15, 0.2) is 11.7 Å². The number of methoxy groups -OCH3 is 1. The Morgan fingerprint density at radius 1 is 1.12 bits per heavy atom. The number of halogens is 1. The lowest BCUT2D eigenvalue weighted by molar-refractivity contribution is -0.113. The highest BCUT2D eigenvalue weighted by atomic mass is 32.2. The number of thiazole rings is 1. The number of aromatic nitrogens is 3. The van der Waals surface area contributed by atoms with Gasteiger partial charge in [0.25, 0.3) is 11.1 Å². The lowest BCUT2D eigenvalue weighted by atomic mass is 10.2. The Kier molecular flexibility index (Phi) is 6.97. The number of carbonyl (C=O) groups is 1. The van der Waals surface area contributed by atoms with E-state index in [0.717, 1.165) is 28.8 Å². The second kappa shape index (κ2) is 10.2. The Bertz CT molecular complexity index is 1180. The predicted molar refractivity (Wildman–Crippen MR) is 118 cm³/mol. The van der Waals surface area contributed by atoms with Crippen LogP contribution in [0.3, 0.4) is 0 Å². The van der Waals surface area contributed by atoms with E-state index in [1.807, 2.05) is 29.6 Å². The smallest absolute Gasteiger partial charge is 0.277 e. The van der Waals surface area contributed by atoms with Crippen LogP contribution in [0.4, 0.5) is 9.52 Å². The van der Waals surface area contributed by atoms with E-state index in [9.17, 15) is 9.18 Å². The zero-order valence-corrected chi connectivity index (χ0v) is 18.4. The summed E-state index contributed by atoms with van der Waals surface area (Å²) in [4.78, 5) is 16.7. The molecule has 1 N–H and O–H groups in total. The Morgan fingerprint density at radius 2 is 1.88 bits per heavy atom. The standard InChI is InChI=1S/C21H17FN4O4S2/c1-28-15-6-2-13(3-7-15)17-11-31-20(23-17)24-18(27)12-32-21-26-25-19(30-21)10-29-16-8-4-14(22)5-9-16/h2-9,11H,10,12H2,1H3,(H,23,24,27). The molecule has 0 aliphatic heterocycles. The molecule has 0 fully saturated rings. The van der Waals surface area contributed by atoms with Crippen molar-refractivity contribution in [3.8, 4) is 22.8 Å². The minimum absolute atomic E-state index is 0.0403. The van der Waals surface area contributed by atoms with Crippen LogP contribution in [0.25, 0.3) is 11.3 Å². The molecular weight excluding hydrogens is 455 g/mol. The van der Waals surface area contributed by atoms with Crippen molar-refractivity contribution < 1.29 is 23.1 Å². The zero-order chi connectivity index (χ0) is 22.3. The number of carbonyl (C=O) groups excluding carboxylic acids is 1. The van der Waals surface area contributed by atoms with Crippen molar-refractivity contribution in [3.05, 3.63) is 65.6 Å². The molecule has 0 saturated carbocycles. The third-order valence-electron chi connectivity index (χ3n) is 4.09. The largest absolute Gasteiger partial charge is 0.497 e. The first kappa shape index (κ1) is 21.8. The second-order valence-corrected chi connectivity index (χ2v) is 8.09. The summed E-state index contributed by atoms with van der Waals surface area (Å²) in [6.07, 6.45) is 0. The average Bonchev–Trinajstić information content (AvgIpc) is 3.47. The fourth-order valence-corrected chi connectivity index (χ4v) is 3.86. The van der Waals surface area contributed by atoms with Gasteiger partial charge in [0.1, 0.15) is 17.3 Å². The summed E-state index contributed by atoms with van der Waals surface area (Å²) in [5, 5.41) is 13.1. The summed E-state index contributed by atoms with van der Waals surface area (Å²) in [6, 6.07) is 13.1. The maximum atomic E-state index is 12.9. The molecule has 4 rings (SSSR count). The van der Waals surface area contributed by atoms with E-state index in [-0.39, 0.29) is 35.2 Å². The molecule has 0 aliphatic rings. The molecule has 0 aliphatic carbocycles. The fourth-order valence-electron chi connectivity index (χ4n) is 2.54. The molecule has 2 aromatic heterocycles. The van der Waals surface area contributed by atoms with Crippen molar-refractivity contribution in [2.45, 2.75) is 11.8 Å². The number of hydrogen-bond donors (Lipinski definition) is 1. The van der Waals surface area contributed by atoms with Gasteiger partial charge in [-0.3, -0.25) is 4.79 Å². The molecule has 4 aromatic rings. The van der Waals surface area contributed by atoms with Gasteiger partial charge in [-0.05, 0) is 48.5 Å². The van der Waals surface area contributed by atoms with Crippen molar-refractivity contribution >= 4 is 34.1 Å². The van der Waals surface area contributed by atoms with Gasteiger partial charge in [0, 0.05) is 10.9 Å². The number of rotatable bonds is 9. The summed E-state index contributed by atoms with van der Waals surface area (Å²) in [7, 11) is 1.61. The molecule has 1 amide bonds. The SMILES string of the molecule is COc1ccc(-c2csc(NC(=O)CSc3nnc(COc4ccc(F)cc4)o3)n2)cc1. The molecule has 32 heavy (non-hydrogen) atoms. The third kappa shape index (κ3) is 5.83. The van der Waals surface area contributed by atoms with Gasteiger partial charge in [0.05, 0.1) is 18.6 Å². The number of thioether (sulfide) groups is 1. The summed E-state index contributed by atoms with van der Waals surface area (Å²) < 4.78 is 29.0. The van der Waals surface area contributed by atoms with Gasteiger partial charge in [-0.25, -0.2) is 9.37 Å². The van der Waals surface area contributed by atoms with Crippen LogP contribution in [0.15, 0.2) is 63.6 Å². The first-order valence-corrected chi connectivity index (χ1v) is 11.2. The Hall–Kier alpha value is -3.44. The van der Waals surface area contributed by atoms with Gasteiger partial charge < -0.3 is 19.2 Å². The number of anilines is 1. The van der Waals surface area contributed by atoms with E-state index in [1.165, 1.54) is 35.6 Å². The highest BCUT2D eigenvalue weighted by Gasteiger charge is 2.12. The Morgan fingerprint density at radius 3 is 2.62 bits per heavy atom. The van der Waals surface area contributed by atoms with Crippen LogP contribution in [-0.4, -0.2) is 34.0 Å². The predicted octanol–water partition coefficient (Wildman–Crippen LogP) is 4.65. The molecule has 164 valence electrons. The van der Waals surface area contributed by atoms with Crippen LogP contribution in [-0.2, 0) is 11.4 Å². The zero-order valence-electron chi connectivity index (χ0n) is 16.8. The van der Waals surface area contributed by atoms with Crippen molar-refractivity contribution in [3.63, 3.8) is 0 Å². The average molecular weight is 473 g/mol. The van der Waals surface area contributed by atoms with Crippen LogP contribution < -0.4 is 14.8 Å².